The van der Waals surface area contributed by atoms with E-state index in [2.05, 4.69) is 55.5 Å². The van der Waals surface area contributed by atoms with Crippen LogP contribution in [0.15, 0.2) is 66.7 Å². The zero-order valence-electron chi connectivity index (χ0n) is 13.6. The van der Waals surface area contributed by atoms with Crippen molar-refractivity contribution in [2.75, 3.05) is 7.11 Å². The lowest BCUT2D eigenvalue weighted by Gasteiger charge is -2.16. The van der Waals surface area contributed by atoms with Crippen molar-refractivity contribution in [3.8, 4) is 16.9 Å². The van der Waals surface area contributed by atoms with Crippen LogP contribution in [0, 0.1) is 6.92 Å². The highest BCUT2D eigenvalue weighted by Crippen LogP contribution is 2.41. The summed E-state index contributed by atoms with van der Waals surface area (Å²) in [5, 5.41) is 5.66. The molecule has 4 rings (SSSR count). The number of halogens is 1. The summed E-state index contributed by atoms with van der Waals surface area (Å²) >= 11 is 6.36. The molecule has 0 N–H and O–H groups in total. The first-order valence-electron chi connectivity index (χ1n) is 7.94. The second kappa shape index (κ2) is 5.85. The molecule has 0 aromatic heterocycles. The van der Waals surface area contributed by atoms with E-state index in [4.69, 9.17) is 16.3 Å². The molecule has 0 radical (unpaired) electrons. The first-order valence-corrected chi connectivity index (χ1v) is 8.32. The second-order valence-electron chi connectivity index (χ2n) is 5.94. The Balaban J connectivity index is 2.17. The van der Waals surface area contributed by atoms with Gasteiger partial charge in [-0.2, -0.15) is 0 Å². The van der Waals surface area contributed by atoms with Crippen LogP contribution in [0.3, 0.4) is 0 Å². The van der Waals surface area contributed by atoms with Crippen LogP contribution in [0.1, 0.15) is 5.56 Å². The highest BCUT2D eigenvalue weighted by molar-refractivity contribution is 6.32. The summed E-state index contributed by atoms with van der Waals surface area (Å²) in [5.74, 6) is 0.864. The molecule has 0 spiro atoms. The minimum atomic E-state index is 0.771. The van der Waals surface area contributed by atoms with Gasteiger partial charge in [0.15, 0.2) is 0 Å². The Bertz CT molecular complexity index is 1070. The summed E-state index contributed by atoms with van der Waals surface area (Å²) in [6, 6.07) is 23.0. The van der Waals surface area contributed by atoms with Crippen LogP contribution in [-0.4, -0.2) is 7.11 Å². The van der Waals surface area contributed by atoms with Gasteiger partial charge < -0.3 is 4.74 Å². The van der Waals surface area contributed by atoms with Crippen LogP contribution < -0.4 is 4.74 Å². The number of fused-ring (bicyclic) bond motifs is 3. The fourth-order valence-corrected chi connectivity index (χ4v) is 3.57. The Morgan fingerprint density at radius 2 is 1.54 bits per heavy atom. The molecule has 24 heavy (non-hydrogen) atoms. The zero-order chi connectivity index (χ0) is 16.7. The van der Waals surface area contributed by atoms with Crippen LogP contribution >= 0.6 is 11.6 Å². The van der Waals surface area contributed by atoms with E-state index in [1.54, 1.807) is 7.11 Å². The van der Waals surface area contributed by atoms with Crippen molar-refractivity contribution in [3.63, 3.8) is 0 Å². The fraction of sp³-hybridized carbons (Fsp3) is 0.0909. The van der Waals surface area contributed by atoms with E-state index >= 15 is 0 Å². The van der Waals surface area contributed by atoms with Crippen LogP contribution in [-0.2, 0) is 0 Å². The zero-order valence-corrected chi connectivity index (χ0v) is 14.4. The molecule has 0 aliphatic rings. The van der Waals surface area contributed by atoms with Crippen molar-refractivity contribution in [1.82, 2.24) is 0 Å². The Morgan fingerprint density at radius 1 is 0.750 bits per heavy atom. The molecular weight excluding hydrogens is 316 g/mol. The predicted molar refractivity (Wildman–Crippen MR) is 103 cm³/mol. The van der Waals surface area contributed by atoms with Crippen LogP contribution in [0.4, 0.5) is 0 Å². The van der Waals surface area contributed by atoms with Gasteiger partial charge in [0.1, 0.15) is 5.75 Å². The highest BCUT2D eigenvalue weighted by atomic mass is 35.5. The van der Waals surface area contributed by atoms with Gasteiger partial charge in [-0.25, -0.2) is 0 Å². The lowest BCUT2D eigenvalue weighted by atomic mass is 9.92. The van der Waals surface area contributed by atoms with Crippen molar-refractivity contribution < 1.29 is 4.74 Å². The largest absolute Gasteiger partial charge is 0.496 e. The Hall–Kier alpha value is -2.51. The number of ether oxygens (including phenoxy) is 1. The standard InChI is InChI=1S/C22H17ClO/c1-14-16(8-5-9-20(14)23)22-19-11-10-15-6-3-4-7-17(15)18(19)12-13-21(22)24-2/h3-13H,1-2H3. The molecule has 4 aromatic carbocycles. The van der Waals surface area contributed by atoms with E-state index in [1.807, 2.05) is 18.2 Å². The van der Waals surface area contributed by atoms with Gasteiger partial charge in [-0.1, -0.05) is 66.2 Å². The van der Waals surface area contributed by atoms with Crippen LogP contribution in [0.5, 0.6) is 5.75 Å². The first kappa shape index (κ1) is 15.0. The smallest absolute Gasteiger partial charge is 0.127 e. The van der Waals surface area contributed by atoms with Gasteiger partial charge in [-0.05, 0) is 51.7 Å². The number of benzene rings is 4. The molecule has 0 unspecified atom stereocenters. The number of hydrogen-bond acceptors (Lipinski definition) is 1. The molecule has 0 heterocycles. The van der Waals surface area contributed by atoms with E-state index in [-0.39, 0.29) is 0 Å². The molecule has 0 atom stereocenters. The van der Waals surface area contributed by atoms with Gasteiger partial charge in [0.05, 0.1) is 7.11 Å². The number of rotatable bonds is 2. The Kier molecular flexibility index (Phi) is 3.66. The Morgan fingerprint density at radius 3 is 2.38 bits per heavy atom. The molecule has 4 aromatic rings. The van der Waals surface area contributed by atoms with E-state index in [9.17, 15) is 0 Å². The van der Waals surface area contributed by atoms with E-state index < -0.39 is 0 Å². The van der Waals surface area contributed by atoms with Crippen LogP contribution in [0.2, 0.25) is 5.02 Å². The molecule has 0 fully saturated rings. The summed E-state index contributed by atoms with van der Waals surface area (Å²) in [6.07, 6.45) is 0. The van der Waals surface area contributed by atoms with Crippen molar-refractivity contribution in [2.45, 2.75) is 6.92 Å². The normalized spacial score (nSPS) is 11.1. The highest BCUT2D eigenvalue weighted by Gasteiger charge is 2.15. The van der Waals surface area contributed by atoms with Gasteiger partial charge >= 0.3 is 0 Å². The quantitative estimate of drug-likeness (QED) is 0.374. The predicted octanol–water partition coefficient (Wildman–Crippen LogP) is 6.63. The molecule has 118 valence electrons. The lowest BCUT2D eigenvalue weighted by molar-refractivity contribution is 0.417. The first-order chi connectivity index (χ1) is 11.7. The van der Waals surface area contributed by atoms with E-state index in [1.165, 1.54) is 21.5 Å². The maximum absolute atomic E-state index is 6.36. The summed E-state index contributed by atoms with van der Waals surface area (Å²) in [5.41, 5.74) is 3.28. The third kappa shape index (κ3) is 2.24. The molecule has 0 aliphatic carbocycles. The van der Waals surface area contributed by atoms with Gasteiger partial charge in [0.25, 0.3) is 0 Å². The van der Waals surface area contributed by atoms with Crippen LogP contribution in [0.25, 0.3) is 32.7 Å². The molecule has 0 aliphatic heterocycles. The van der Waals surface area contributed by atoms with Gasteiger partial charge in [-0.15, -0.1) is 0 Å². The maximum atomic E-state index is 6.36. The minimum absolute atomic E-state index is 0.771. The maximum Gasteiger partial charge on any atom is 0.127 e. The molecule has 0 bridgehead atoms. The molecule has 2 heteroatoms. The molecular formula is C22H17ClO. The third-order valence-electron chi connectivity index (χ3n) is 4.64. The summed E-state index contributed by atoms with van der Waals surface area (Å²) in [4.78, 5) is 0. The van der Waals surface area contributed by atoms with Crippen molar-refractivity contribution in [1.29, 1.82) is 0 Å². The molecule has 0 saturated carbocycles. The van der Waals surface area contributed by atoms with Gasteiger partial charge in [0.2, 0.25) is 0 Å². The molecule has 1 nitrogen and oxygen atoms in total. The average Bonchev–Trinajstić information content (AvgIpc) is 2.63. The van der Waals surface area contributed by atoms with E-state index in [0.29, 0.717) is 0 Å². The molecule has 0 amide bonds. The van der Waals surface area contributed by atoms with Crippen molar-refractivity contribution >= 4 is 33.1 Å². The fourth-order valence-electron chi connectivity index (χ4n) is 3.39. The topological polar surface area (TPSA) is 9.23 Å². The third-order valence-corrected chi connectivity index (χ3v) is 5.05. The number of hydrogen-bond donors (Lipinski definition) is 0. The lowest BCUT2D eigenvalue weighted by Crippen LogP contribution is -1.92. The Labute approximate surface area is 146 Å². The molecule has 0 saturated heterocycles. The average molecular weight is 333 g/mol. The summed E-state index contributed by atoms with van der Waals surface area (Å²) < 4.78 is 5.67. The van der Waals surface area contributed by atoms with Gasteiger partial charge in [-0.3, -0.25) is 0 Å². The second-order valence-corrected chi connectivity index (χ2v) is 6.34. The van der Waals surface area contributed by atoms with Crippen molar-refractivity contribution in [3.05, 3.63) is 77.3 Å². The van der Waals surface area contributed by atoms with Crippen molar-refractivity contribution in [2.24, 2.45) is 0 Å². The number of methoxy groups -OCH3 is 1. The SMILES string of the molecule is COc1ccc2c(ccc3ccccc32)c1-c1cccc(Cl)c1C. The van der Waals surface area contributed by atoms with Gasteiger partial charge in [0, 0.05) is 10.6 Å². The minimum Gasteiger partial charge on any atom is -0.496 e. The summed E-state index contributed by atoms with van der Waals surface area (Å²) in [7, 11) is 1.71. The summed E-state index contributed by atoms with van der Waals surface area (Å²) in [6.45, 7) is 2.05. The van der Waals surface area contributed by atoms with E-state index in [0.717, 1.165) is 27.5 Å². The monoisotopic (exact) mass is 332 g/mol.